The van der Waals surface area contributed by atoms with Gasteiger partial charge in [-0.2, -0.15) is 0 Å². The molecule has 0 unspecified atom stereocenters. The van der Waals surface area contributed by atoms with Gasteiger partial charge in [-0.1, -0.05) is 42.5 Å². The first kappa shape index (κ1) is 6.02. The van der Waals surface area contributed by atoms with Crippen LogP contribution in [-0.2, 0) is 9.53 Å². The predicted octanol–water partition coefficient (Wildman–Crippen LogP) is 2.79. The van der Waals surface area contributed by atoms with Gasteiger partial charge in [0, 0.05) is 10.2 Å². The average Bonchev–Trinajstić information content (AvgIpc) is 2.25. The molecule has 2 heteroatoms. The molecule has 0 atom stereocenters. The van der Waals surface area contributed by atoms with Crippen LogP contribution in [0.1, 0.15) is 20.6 Å². The number of rotatable bonds is 5. The SMILES string of the molecule is [2H]C([2H])([2H])C([2H])([2H])OC(=O)/C=C/C=C/C=C/C=C/C. The van der Waals surface area contributed by atoms with Crippen molar-refractivity contribution in [3.63, 3.8) is 0 Å². The summed E-state index contributed by atoms with van der Waals surface area (Å²) in [5.74, 6) is -1.05. The molecule has 0 N–H and O–H groups in total. The molecule has 0 aliphatic rings. The zero-order valence-electron chi connectivity index (χ0n) is 12.9. The van der Waals surface area contributed by atoms with E-state index in [9.17, 15) is 4.79 Å². The number of hydrogen-bond donors (Lipinski definition) is 0. The van der Waals surface area contributed by atoms with E-state index >= 15 is 0 Å². The van der Waals surface area contributed by atoms with Crippen LogP contribution in [0.2, 0.25) is 0 Å². The van der Waals surface area contributed by atoms with Crippen molar-refractivity contribution < 1.29 is 16.4 Å². The number of hydrogen-bond acceptors (Lipinski definition) is 2. The lowest BCUT2D eigenvalue weighted by atomic mass is 10.4. The molecule has 0 radical (unpaired) electrons. The quantitative estimate of drug-likeness (QED) is 0.385. The van der Waals surface area contributed by atoms with Crippen LogP contribution in [0.4, 0.5) is 0 Å². The molecule has 0 aromatic heterocycles. The fraction of sp³-hybridized carbons (Fsp3) is 0.250. The minimum atomic E-state index is -3.01. The zero-order chi connectivity index (χ0) is 14.9. The van der Waals surface area contributed by atoms with Gasteiger partial charge in [0.15, 0.2) is 0 Å². The summed E-state index contributed by atoms with van der Waals surface area (Å²) in [6.07, 6.45) is 12.7. The van der Waals surface area contributed by atoms with Gasteiger partial charge in [0.25, 0.3) is 0 Å². The first-order valence-electron chi connectivity index (χ1n) is 6.56. The van der Waals surface area contributed by atoms with Crippen molar-refractivity contribution in [2.45, 2.75) is 13.8 Å². The van der Waals surface area contributed by atoms with Crippen LogP contribution in [0.5, 0.6) is 0 Å². The molecule has 0 aromatic carbocycles. The lowest BCUT2D eigenvalue weighted by molar-refractivity contribution is -0.137. The van der Waals surface area contributed by atoms with Crippen molar-refractivity contribution >= 4 is 5.97 Å². The van der Waals surface area contributed by atoms with Crippen molar-refractivity contribution in [3.05, 3.63) is 48.6 Å². The summed E-state index contributed by atoms with van der Waals surface area (Å²) in [5.41, 5.74) is 0. The zero-order valence-corrected chi connectivity index (χ0v) is 7.94. The van der Waals surface area contributed by atoms with Crippen LogP contribution >= 0.6 is 0 Å². The minimum absolute atomic E-state index is 0.948. The summed E-state index contributed by atoms with van der Waals surface area (Å²) >= 11 is 0. The van der Waals surface area contributed by atoms with E-state index in [1.165, 1.54) is 12.2 Å². The summed E-state index contributed by atoms with van der Waals surface area (Å²) < 4.78 is 39.0. The lowest BCUT2D eigenvalue weighted by Gasteiger charge is -1.92. The van der Waals surface area contributed by atoms with Gasteiger partial charge in [-0.3, -0.25) is 0 Å². The molecule has 0 aliphatic carbocycles. The molecule has 76 valence electrons. The van der Waals surface area contributed by atoms with Crippen molar-refractivity contribution in [1.29, 1.82) is 0 Å². The van der Waals surface area contributed by atoms with Gasteiger partial charge in [-0.15, -0.1) is 0 Å². The van der Waals surface area contributed by atoms with Crippen molar-refractivity contribution in [2.24, 2.45) is 0 Å². The van der Waals surface area contributed by atoms with Crippen LogP contribution in [-0.4, -0.2) is 12.5 Å². The first-order chi connectivity index (χ1) is 8.70. The van der Waals surface area contributed by atoms with Gasteiger partial charge >= 0.3 is 5.97 Å². The monoisotopic (exact) mass is 197 g/mol. The topological polar surface area (TPSA) is 26.3 Å². The number of esters is 1. The van der Waals surface area contributed by atoms with E-state index in [0.717, 1.165) is 6.08 Å². The molecule has 0 heterocycles. The smallest absolute Gasteiger partial charge is 0.330 e. The highest BCUT2D eigenvalue weighted by Crippen LogP contribution is 1.84. The summed E-state index contributed by atoms with van der Waals surface area (Å²) in [5, 5.41) is 0. The standard InChI is InChI=1S/C12H16O2/c1-3-5-6-7-8-9-10-11-12(13)14-4-2/h3,5-11H,4H2,1-2H3/b5-3+,7-6+,9-8+,11-10+/i2D3,4D2. The van der Waals surface area contributed by atoms with Crippen LogP contribution in [0.25, 0.3) is 0 Å². The van der Waals surface area contributed by atoms with Crippen molar-refractivity contribution in [3.8, 4) is 0 Å². The summed E-state index contributed by atoms with van der Waals surface area (Å²) in [4.78, 5) is 11.2. The third-order valence-corrected chi connectivity index (χ3v) is 1.13. The fourth-order valence-electron chi connectivity index (χ4n) is 0.586. The number of ether oxygens (including phenoxy) is 1. The molecular weight excluding hydrogens is 176 g/mol. The van der Waals surface area contributed by atoms with Gasteiger partial charge in [0.05, 0.1) is 9.30 Å². The third-order valence-electron chi connectivity index (χ3n) is 1.13. The Morgan fingerprint density at radius 1 is 1.29 bits per heavy atom. The second kappa shape index (κ2) is 9.52. The Kier molecular flexibility index (Phi) is 4.09. The molecule has 0 amide bonds. The minimum Gasteiger partial charge on any atom is -0.463 e. The largest absolute Gasteiger partial charge is 0.463 e. The number of carbonyl (C=O) groups excluding carboxylic acids is 1. The van der Waals surface area contributed by atoms with E-state index < -0.39 is 19.4 Å². The van der Waals surface area contributed by atoms with Crippen LogP contribution in [0.15, 0.2) is 48.6 Å². The highest BCUT2D eigenvalue weighted by Gasteiger charge is 1.89. The maximum Gasteiger partial charge on any atom is 0.330 e. The Morgan fingerprint density at radius 3 is 2.57 bits per heavy atom. The maximum absolute atomic E-state index is 11.2. The molecule has 0 fully saturated rings. The highest BCUT2D eigenvalue weighted by molar-refractivity contribution is 5.82. The molecule has 14 heavy (non-hydrogen) atoms. The molecule has 0 saturated heterocycles. The van der Waals surface area contributed by atoms with E-state index in [2.05, 4.69) is 4.74 Å². The summed E-state index contributed by atoms with van der Waals surface area (Å²) in [6, 6.07) is 0. The van der Waals surface area contributed by atoms with E-state index in [4.69, 9.17) is 6.85 Å². The van der Waals surface area contributed by atoms with Gasteiger partial charge < -0.3 is 4.74 Å². The molecule has 0 bridgehead atoms. The van der Waals surface area contributed by atoms with Crippen LogP contribution in [0, 0.1) is 0 Å². The molecule has 2 nitrogen and oxygen atoms in total. The molecule has 0 spiro atoms. The van der Waals surface area contributed by atoms with Gasteiger partial charge in [-0.05, 0) is 13.8 Å². The fourth-order valence-corrected chi connectivity index (χ4v) is 0.586. The number of carbonyl (C=O) groups is 1. The van der Waals surface area contributed by atoms with Crippen molar-refractivity contribution in [1.82, 2.24) is 0 Å². The Labute approximate surface area is 92.3 Å². The third kappa shape index (κ3) is 8.53. The predicted molar refractivity (Wildman–Crippen MR) is 58.9 cm³/mol. The number of allylic oxidation sites excluding steroid dienone is 7. The van der Waals surface area contributed by atoms with Crippen molar-refractivity contribution in [2.75, 3.05) is 6.56 Å². The van der Waals surface area contributed by atoms with E-state index in [1.54, 1.807) is 18.2 Å². The van der Waals surface area contributed by atoms with Gasteiger partial charge in [-0.25, -0.2) is 4.79 Å². The average molecular weight is 197 g/mol. The lowest BCUT2D eigenvalue weighted by Crippen LogP contribution is -1.98. The second-order valence-electron chi connectivity index (χ2n) is 2.18. The normalized spacial score (nSPS) is 19.6. The summed E-state index contributed by atoms with van der Waals surface area (Å²) in [7, 11) is 0. The van der Waals surface area contributed by atoms with Gasteiger partial charge in [0.2, 0.25) is 0 Å². The van der Waals surface area contributed by atoms with Crippen LogP contribution < -0.4 is 0 Å². The Bertz CT molecular complexity index is 403. The van der Waals surface area contributed by atoms with Crippen LogP contribution in [0.3, 0.4) is 0 Å². The summed E-state index contributed by atoms with van der Waals surface area (Å²) in [6.45, 7) is -4.13. The Morgan fingerprint density at radius 2 is 1.93 bits per heavy atom. The molecule has 0 rings (SSSR count). The second-order valence-corrected chi connectivity index (χ2v) is 2.18. The van der Waals surface area contributed by atoms with E-state index in [0.29, 0.717) is 0 Å². The molecule has 0 aromatic rings. The van der Waals surface area contributed by atoms with E-state index in [-0.39, 0.29) is 0 Å². The Balaban J connectivity index is 4.33. The molecular formula is C12H16O2. The highest BCUT2D eigenvalue weighted by atomic mass is 16.5. The molecule has 0 saturated carbocycles. The first-order valence-corrected chi connectivity index (χ1v) is 4.06. The van der Waals surface area contributed by atoms with E-state index in [1.807, 2.05) is 19.1 Å². The van der Waals surface area contributed by atoms with Gasteiger partial charge in [0.1, 0.15) is 0 Å². The Hall–Kier alpha value is -1.57. The maximum atomic E-state index is 11.2. The molecule has 0 aliphatic heterocycles.